The van der Waals surface area contributed by atoms with Crippen LogP contribution in [0.15, 0.2) is 12.1 Å². The first-order valence-corrected chi connectivity index (χ1v) is 4.77. The smallest absolute Gasteiger partial charge is 0.198 e. The molecule has 0 aliphatic rings. The molecule has 0 amide bonds. The molecule has 90 valence electrons. The van der Waals surface area contributed by atoms with Crippen LogP contribution in [0.5, 0.6) is 5.75 Å². The van der Waals surface area contributed by atoms with Crippen LogP contribution in [0.3, 0.4) is 0 Å². The molecule has 5 heteroatoms. The van der Waals surface area contributed by atoms with E-state index in [4.69, 9.17) is 4.74 Å². The normalized spacial score (nSPS) is 10.9. The Morgan fingerprint density at radius 3 is 1.76 bits per heavy atom. The third-order valence-electron chi connectivity index (χ3n) is 2.59. The Kier molecular flexibility index (Phi) is 2.69. The maximum Gasteiger partial charge on any atom is 0.198 e. The van der Waals surface area contributed by atoms with Gasteiger partial charge in [0.25, 0.3) is 0 Å². The van der Waals surface area contributed by atoms with Gasteiger partial charge in [-0.2, -0.15) is 0 Å². The standard InChI is InChI=1S/C12H8F4O/c1-5-3-6-7(4-8(5)17-2)10(14)12(16)11(15)9(6)13/h3-4H,1-2H3. The van der Waals surface area contributed by atoms with Gasteiger partial charge in [-0.1, -0.05) is 0 Å². The highest BCUT2D eigenvalue weighted by molar-refractivity contribution is 5.86. The largest absolute Gasteiger partial charge is 0.496 e. The van der Waals surface area contributed by atoms with E-state index in [0.29, 0.717) is 5.56 Å². The number of benzene rings is 2. The van der Waals surface area contributed by atoms with Crippen molar-refractivity contribution in [2.75, 3.05) is 7.11 Å². The molecule has 0 bridgehead atoms. The molecule has 0 atom stereocenters. The summed E-state index contributed by atoms with van der Waals surface area (Å²) in [4.78, 5) is 0. The van der Waals surface area contributed by atoms with Gasteiger partial charge in [-0.15, -0.1) is 0 Å². The number of methoxy groups -OCH3 is 1. The Morgan fingerprint density at radius 1 is 0.824 bits per heavy atom. The topological polar surface area (TPSA) is 9.23 Å². The number of ether oxygens (including phenoxy) is 1. The third kappa shape index (κ3) is 1.62. The number of aryl methyl sites for hydroxylation is 1. The van der Waals surface area contributed by atoms with Crippen LogP contribution in [-0.4, -0.2) is 7.11 Å². The van der Waals surface area contributed by atoms with E-state index in [-0.39, 0.29) is 16.5 Å². The van der Waals surface area contributed by atoms with Gasteiger partial charge in [0.2, 0.25) is 0 Å². The van der Waals surface area contributed by atoms with Gasteiger partial charge in [-0.25, -0.2) is 17.6 Å². The Bertz CT molecular complexity index is 607. The van der Waals surface area contributed by atoms with E-state index in [0.717, 1.165) is 6.07 Å². The monoisotopic (exact) mass is 244 g/mol. The fourth-order valence-corrected chi connectivity index (χ4v) is 1.70. The molecule has 0 heterocycles. The molecule has 0 fully saturated rings. The van der Waals surface area contributed by atoms with Crippen LogP contribution in [-0.2, 0) is 0 Å². The summed E-state index contributed by atoms with van der Waals surface area (Å²) in [6.07, 6.45) is 0. The minimum absolute atomic E-state index is 0.279. The minimum atomic E-state index is -1.82. The fourth-order valence-electron chi connectivity index (χ4n) is 1.70. The molecule has 0 N–H and O–H groups in total. The molecular formula is C12H8F4O. The van der Waals surface area contributed by atoms with Gasteiger partial charge in [0, 0.05) is 10.8 Å². The van der Waals surface area contributed by atoms with E-state index in [1.54, 1.807) is 6.92 Å². The van der Waals surface area contributed by atoms with Crippen LogP contribution < -0.4 is 4.74 Å². The number of rotatable bonds is 1. The van der Waals surface area contributed by atoms with Crippen molar-refractivity contribution in [2.45, 2.75) is 6.92 Å². The number of halogens is 4. The predicted octanol–water partition coefficient (Wildman–Crippen LogP) is 3.71. The molecule has 0 aliphatic carbocycles. The molecule has 0 aromatic heterocycles. The highest BCUT2D eigenvalue weighted by Crippen LogP contribution is 2.31. The summed E-state index contributed by atoms with van der Waals surface area (Å²) in [6.45, 7) is 1.59. The summed E-state index contributed by atoms with van der Waals surface area (Å²) in [5, 5.41) is -0.649. The van der Waals surface area contributed by atoms with Gasteiger partial charge in [-0.3, -0.25) is 0 Å². The maximum atomic E-state index is 13.4. The van der Waals surface area contributed by atoms with E-state index in [1.165, 1.54) is 13.2 Å². The third-order valence-corrected chi connectivity index (χ3v) is 2.59. The summed E-state index contributed by atoms with van der Waals surface area (Å²) in [6, 6.07) is 2.36. The highest BCUT2D eigenvalue weighted by Gasteiger charge is 2.21. The second kappa shape index (κ2) is 3.91. The van der Waals surface area contributed by atoms with E-state index < -0.39 is 23.3 Å². The number of hydrogen-bond acceptors (Lipinski definition) is 1. The summed E-state index contributed by atoms with van der Waals surface area (Å²) < 4.78 is 57.8. The van der Waals surface area contributed by atoms with E-state index in [2.05, 4.69) is 0 Å². The first-order chi connectivity index (χ1) is 7.97. The molecule has 1 nitrogen and oxygen atoms in total. The zero-order chi connectivity index (χ0) is 12.7. The van der Waals surface area contributed by atoms with Crippen LogP contribution in [0.4, 0.5) is 17.6 Å². The lowest BCUT2D eigenvalue weighted by atomic mass is 10.0. The minimum Gasteiger partial charge on any atom is -0.496 e. The van der Waals surface area contributed by atoms with Gasteiger partial charge >= 0.3 is 0 Å². The average Bonchev–Trinajstić information content (AvgIpc) is 2.33. The predicted molar refractivity (Wildman–Crippen MR) is 55.1 cm³/mol. The molecule has 0 unspecified atom stereocenters. The number of fused-ring (bicyclic) bond motifs is 1. The van der Waals surface area contributed by atoms with Crippen molar-refractivity contribution in [3.63, 3.8) is 0 Å². The van der Waals surface area contributed by atoms with Crippen molar-refractivity contribution in [2.24, 2.45) is 0 Å². The molecule has 2 rings (SSSR count). The fraction of sp³-hybridized carbons (Fsp3) is 0.167. The van der Waals surface area contributed by atoms with Crippen molar-refractivity contribution in [1.82, 2.24) is 0 Å². The molecule has 0 saturated carbocycles. The Balaban J connectivity index is 2.96. The van der Waals surface area contributed by atoms with Crippen molar-refractivity contribution in [1.29, 1.82) is 0 Å². The Labute approximate surface area is 94.6 Å². The first-order valence-electron chi connectivity index (χ1n) is 4.77. The van der Waals surface area contributed by atoms with Gasteiger partial charge in [-0.05, 0) is 24.6 Å². The summed E-state index contributed by atoms with van der Waals surface area (Å²) in [5.74, 6) is -6.16. The second-order valence-electron chi connectivity index (χ2n) is 3.62. The van der Waals surface area contributed by atoms with E-state index >= 15 is 0 Å². The van der Waals surface area contributed by atoms with Crippen LogP contribution in [0.2, 0.25) is 0 Å². The summed E-state index contributed by atoms with van der Waals surface area (Å²) in [7, 11) is 1.35. The second-order valence-corrected chi connectivity index (χ2v) is 3.62. The molecule has 0 radical (unpaired) electrons. The van der Waals surface area contributed by atoms with Crippen LogP contribution in [0.1, 0.15) is 5.56 Å². The molecule has 0 spiro atoms. The van der Waals surface area contributed by atoms with Crippen molar-refractivity contribution < 1.29 is 22.3 Å². The van der Waals surface area contributed by atoms with E-state index in [1.807, 2.05) is 0 Å². The molecule has 0 aliphatic heterocycles. The van der Waals surface area contributed by atoms with Crippen molar-refractivity contribution in [3.05, 3.63) is 41.0 Å². The average molecular weight is 244 g/mol. The SMILES string of the molecule is COc1cc2c(F)c(F)c(F)c(F)c2cc1C. The maximum absolute atomic E-state index is 13.4. The lowest BCUT2D eigenvalue weighted by molar-refractivity contribution is 0.408. The van der Waals surface area contributed by atoms with Crippen LogP contribution in [0, 0.1) is 30.2 Å². The zero-order valence-electron chi connectivity index (χ0n) is 9.07. The van der Waals surface area contributed by atoms with Crippen molar-refractivity contribution in [3.8, 4) is 5.75 Å². The van der Waals surface area contributed by atoms with Gasteiger partial charge in [0.05, 0.1) is 7.11 Å². The first kappa shape index (κ1) is 11.7. The molecular weight excluding hydrogens is 236 g/mol. The molecule has 0 saturated heterocycles. The van der Waals surface area contributed by atoms with Crippen LogP contribution >= 0.6 is 0 Å². The lowest BCUT2D eigenvalue weighted by Gasteiger charge is -2.09. The quantitative estimate of drug-likeness (QED) is 0.422. The zero-order valence-corrected chi connectivity index (χ0v) is 9.07. The van der Waals surface area contributed by atoms with Gasteiger partial charge in [0.15, 0.2) is 23.3 Å². The van der Waals surface area contributed by atoms with Gasteiger partial charge in [0.1, 0.15) is 5.75 Å². The Morgan fingerprint density at radius 2 is 1.29 bits per heavy atom. The highest BCUT2D eigenvalue weighted by atomic mass is 19.2. The molecule has 2 aromatic rings. The lowest BCUT2D eigenvalue weighted by Crippen LogP contribution is -1.99. The molecule has 17 heavy (non-hydrogen) atoms. The van der Waals surface area contributed by atoms with E-state index in [9.17, 15) is 17.6 Å². The number of hydrogen-bond donors (Lipinski definition) is 0. The Hall–Kier alpha value is -1.78. The summed E-state index contributed by atoms with van der Waals surface area (Å²) in [5.41, 5.74) is 0.504. The van der Waals surface area contributed by atoms with Crippen molar-refractivity contribution >= 4 is 10.8 Å². The van der Waals surface area contributed by atoms with Gasteiger partial charge < -0.3 is 4.74 Å². The van der Waals surface area contributed by atoms with Crippen LogP contribution in [0.25, 0.3) is 10.8 Å². The molecule has 2 aromatic carbocycles. The summed E-state index contributed by atoms with van der Waals surface area (Å²) >= 11 is 0.